The summed E-state index contributed by atoms with van der Waals surface area (Å²) in [6.07, 6.45) is 0. The summed E-state index contributed by atoms with van der Waals surface area (Å²) in [4.78, 5) is 17.4. The van der Waals surface area contributed by atoms with E-state index in [0.29, 0.717) is 36.9 Å². The summed E-state index contributed by atoms with van der Waals surface area (Å²) in [5, 5.41) is 1.10. The van der Waals surface area contributed by atoms with Crippen molar-refractivity contribution >= 4 is 16.9 Å². The third-order valence-electron chi connectivity index (χ3n) is 6.34. The van der Waals surface area contributed by atoms with Crippen molar-refractivity contribution in [1.82, 2.24) is 4.98 Å². The van der Waals surface area contributed by atoms with Crippen LogP contribution in [-0.2, 0) is 24.6 Å². The Morgan fingerprint density at radius 2 is 1.45 bits per heavy atom. The Bertz CT molecular complexity index is 1600. The van der Waals surface area contributed by atoms with Gasteiger partial charge >= 0.3 is 5.97 Å². The van der Waals surface area contributed by atoms with Crippen molar-refractivity contribution in [1.29, 1.82) is 0 Å². The number of ether oxygens (including phenoxy) is 4. The Hall–Kier alpha value is -4.84. The standard InChI is InChI=1S/C34H31NO5/c1-3-37-34(36)33-24(2)18-30(20-32(33)40-21-25-10-5-4-6-11-25)38-22-26-12-9-14-29(19-26)39-23-28-17-16-27-13-7-8-15-31(27)35-28/h4-20H,3,21-23H2,1-2H3. The molecule has 0 fully saturated rings. The van der Waals surface area contributed by atoms with Gasteiger partial charge in [-0.05, 0) is 60.9 Å². The van der Waals surface area contributed by atoms with Gasteiger partial charge in [0.2, 0.25) is 0 Å². The maximum atomic E-state index is 12.7. The molecule has 0 spiro atoms. The molecule has 6 heteroatoms. The van der Waals surface area contributed by atoms with E-state index in [-0.39, 0.29) is 6.61 Å². The number of nitrogens with zero attached hydrogens (tertiary/aromatic N) is 1. The SMILES string of the molecule is CCOC(=O)c1c(C)cc(OCc2cccc(OCc3ccc4ccccc4n3)c2)cc1OCc1ccccc1. The van der Waals surface area contributed by atoms with Crippen LogP contribution in [0.3, 0.4) is 0 Å². The van der Waals surface area contributed by atoms with Crippen molar-refractivity contribution in [3.8, 4) is 17.2 Å². The molecular weight excluding hydrogens is 502 g/mol. The fraction of sp³-hybridized carbons (Fsp3) is 0.176. The fourth-order valence-electron chi connectivity index (χ4n) is 4.36. The maximum absolute atomic E-state index is 12.7. The van der Waals surface area contributed by atoms with Crippen LogP contribution in [0.2, 0.25) is 0 Å². The molecular formula is C34H31NO5. The first-order valence-corrected chi connectivity index (χ1v) is 13.3. The van der Waals surface area contributed by atoms with Gasteiger partial charge in [-0.25, -0.2) is 9.78 Å². The van der Waals surface area contributed by atoms with E-state index >= 15 is 0 Å². The molecule has 0 amide bonds. The van der Waals surface area contributed by atoms with Gasteiger partial charge in [0.15, 0.2) is 0 Å². The van der Waals surface area contributed by atoms with Crippen LogP contribution in [0.25, 0.3) is 10.9 Å². The Morgan fingerprint density at radius 3 is 2.30 bits per heavy atom. The van der Waals surface area contributed by atoms with Gasteiger partial charge in [-0.1, -0.05) is 66.7 Å². The number of hydrogen-bond acceptors (Lipinski definition) is 6. The molecule has 0 radical (unpaired) electrons. The molecule has 4 aromatic carbocycles. The molecule has 0 bridgehead atoms. The maximum Gasteiger partial charge on any atom is 0.342 e. The van der Waals surface area contributed by atoms with Crippen molar-refractivity contribution in [2.24, 2.45) is 0 Å². The van der Waals surface area contributed by atoms with E-state index in [2.05, 4.69) is 11.1 Å². The smallest absolute Gasteiger partial charge is 0.342 e. The van der Waals surface area contributed by atoms with Crippen LogP contribution in [0.1, 0.15) is 39.7 Å². The first-order valence-electron chi connectivity index (χ1n) is 13.3. The average Bonchev–Trinajstić information content (AvgIpc) is 2.98. The quantitative estimate of drug-likeness (QED) is 0.164. The zero-order valence-corrected chi connectivity index (χ0v) is 22.6. The molecule has 0 saturated heterocycles. The minimum atomic E-state index is -0.416. The fourth-order valence-corrected chi connectivity index (χ4v) is 4.36. The zero-order chi connectivity index (χ0) is 27.7. The molecule has 0 aliphatic carbocycles. The number of para-hydroxylation sites is 1. The number of rotatable bonds is 11. The van der Waals surface area contributed by atoms with Crippen LogP contribution >= 0.6 is 0 Å². The first-order chi connectivity index (χ1) is 19.6. The zero-order valence-electron chi connectivity index (χ0n) is 22.6. The normalized spacial score (nSPS) is 10.8. The van der Waals surface area contributed by atoms with Crippen molar-refractivity contribution in [2.75, 3.05) is 6.61 Å². The summed E-state index contributed by atoms with van der Waals surface area (Å²) < 4.78 is 23.5. The molecule has 202 valence electrons. The summed E-state index contributed by atoms with van der Waals surface area (Å²) in [5.74, 6) is 1.34. The molecule has 0 saturated carbocycles. The molecule has 5 rings (SSSR count). The molecule has 1 aromatic heterocycles. The molecule has 0 unspecified atom stereocenters. The minimum absolute atomic E-state index is 0.282. The van der Waals surface area contributed by atoms with E-state index in [4.69, 9.17) is 18.9 Å². The highest BCUT2D eigenvalue weighted by atomic mass is 16.5. The van der Waals surface area contributed by atoms with E-state index in [1.807, 2.05) is 97.9 Å². The Balaban J connectivity index is 1.27. The molecule has 0 atom stereocenters. The number of carbonyl (C=O) groups is 1. The van der Waals surface area contributed by atoms with Gasteiger partial charge in [0.25, 0.3) is 0 Å². The average molecular weight is 534 g/mol. The van der Waals surface area contributed by atoms with Crippen LogP contribution in [-0.4, -0.2) is 17.6 Å². The van der Waals surface area contributed by atoms with Crippen LogP contribution in [0.4, 0.5) is 0 Å². The summed E-state index contributed by atoms with van der Waals surface area (Å²) in [6.45, 7) is 4.92. The predicted molar refractivity (Wildman–Crippen MR) is 155 cm³/mol. The van der Waals surface area contributed by atoms with Crippen molar-refractivity contribution in [2.45, 2.75) is 33.7 Å². The highest BCUT2D eigenvalue weighted by Crippen LogP contribution is 2.31. The molecule has 0 N–H and O–H groups in total. The van der Waals surface area contributed by atoms with Crippen molar-refractivity contribution < 1.29 is 23.7 Å². The number of pyridine rings is 1. The van der Waals surface area contributed by atoms with Gasteiger partial charge in [-0.3, -0.25) is 0 Å². The third-order valence-corrected chi connectivity index (χ3v) is 6.34. The topological polar surface area (TPSA) is 66.9 Å². The Kier molecular flexibility index (Phi) is 8.57. The van der Waals surface area contributed by atoms with E-state index < -0.39 is 5.97 Å². The van der Waals surface area contributed by atoms with E-state index in [1.54, 1.807) is 13.0 Å². The third kappa shape index (κ3) is 6.77. The number of aromatic nitrogens is 1. The number of aryl methyl sites for hydroxylation is 1. The van der Waals surface area contributed by atoms with Gasteiger partial charge < -0.3 is 18.9 Å². The summed E-state index contributed by atoms with van der Waals surface area (Å²) in [5.41, 5.74) is 4.88. The Morgan fingerprint density at radius 1 is 0.700 bits per heavy atom. The van der Waals surface area contributed by atoms with E-state index in [1.165, 1.54) is 0 Å². The minimum Gasteiger partial charge on any atom is -0.489 e. The molecule has 1 heterocycles. The lowest BCUT2D eigenvalue weighted by molar-refractivity contribution is 0.0520. The highest BCUT2D eigenvalue weighted by Gasteiger charge is 2.19. The van der Waals surface area contributed by atoms with Gasteiger partial charge in [-0.2, -0.15) is 0 Å². The monoisotopic (exact) mass is 533 g/mol. The van der Waals surface area contributed by atoms with Gasteiger partial charge in [0.05, 0.1) is 17.8 Å². The number of benzene rings is 4. The summed E-state index contributed by atoms with van der Waals surface area (Å²) in [7, 11) is 0. The lowest BCUT2D eigenvalue weighted by Gasteiger charge is -2.16. The number of fused-ring (bicyclic) bond motifs is 1. The van der Waals surface area contributed by atoms with E-state index in [9.17, 15) is 4.79 Å². The molecule has 40 heavy (non-hydrogen) atoms. The lowest BCUT2D eigenvalue weighted by Crippen LogP contribution is -2.10. The molecule has 6 nitrogen and oxygen atoms in total. The second-order valence-electron chi connectivity index (χ2n) is 9.33. The highest BCUT2D eigenvalue weighted by molar-refractivity contribution is 5.94. The van der Waals surface area contributed by atoms with Crippen LogP contribution in [0.5, 0.6) is 17.2 Å². The Labute approximate surface area is 234 Å². The van der Waals surface area contributed by atoms with Gasteiger partial charge in [0.1, 0.15) is 42.6 Å². The van der Waals surface area contributed by atoms with Crippen LogP contribution < -0.4 is 14.2 Å². The molecule has 0 aliphatic rings. The molecule has 5 aromatic rings. The number of carbonyl (C=O) groups excluding carboxylic acids is 1. The number of hydrogen-bond donors (Lipinski definition) is 0. The summed E-state index contributed by atoms with van der Waals surface area (Å²) >= 11 is 0. The van der Waals surface area contributed by atoms with Crippen molar-refractivity contribution in [3.05, 3.63) is 131 Å². The lowest BCUT2D eigenvalue weighted by atomic mass is 10.1. The van der Waals surface area contributed by atoms with Gasteiger partial charge in [0, 0.05) is 11.5 Å². The summed E-state index contributed by atoms with van der Waals surface area (Å²) in [6, 6.07) is 33.2. The predicted octanol–water partition coefficient (Wildman–Crippen LogP) is 7.46. The second kappa shape index (κ2) is 12.8. The largest absolute Gasteiger partial charge is 0.489 e. The van der Waals surface area contributed by atoms with E-state index in [0.717, 1.165) is 39.0 Å². The van der Waals surface area contributed by atoms with Gasteiger partial charge in [-0.15, -0.1) is 0 Å². The first kappa shape index (κ1) is 26.8. The van der Waals surface area contributed by atoms with Crippen molar-refractivity contribution in [3.63, 3.8) is 0 Å². The van der Waals surface area contributed by atoms with Crippen LogP contribution in [0, 0.1) is 6.92 Å². The number of esters is 1. The van der Waals surface area contributed by atoms with Crippen LogP contribution in [0.15, 0.2) is 103 Å². The molecule has 0 aliphatic heterocycles. The second-order valence-corrected chi connectivity index (χ2v) is 9.33.